The first kappa shape index (κ1) is 14.2. The second-order valence-electron chi connectivity index (χ2n) is 5.86. The molecule has 2 nitrogen and oxygen atoms in total. The molecule has 1 aliphatic carbocycles. The van der Waals surface area contributed by atoms with Crippen molar-refractivity contribution in [1.82, 2.24) is 0 Å². The number of aliphatic hydroxyl groups excluding tert-OH is 1. The maximum atomic E-state index is 10.9. The average Bonchev–Trinajstić information content (AvgIpc) is 2.53. The van der Waals surface area contributed by atoms with Crippen LogP contribution in [0.2, 0.25) is 0 Å². The number of hydrogen-bond donors (Lipinski definition) is 1. The van der Waals surface area contributed by atoms with Gasteiger partial charge in [-0.1, -0.05) is 30.3 Å². The van der Waals surface area contributed by atoms with Crippen molar-refractivity contribution in [2.75, 3.05) is 7.11 Å². The molecule has 2 aromatic rings. The topological polar surface area (TPSA) is 29.5 Å². The molecule has 110 valence electrons. The molecule has 21 heavy (non-hydrogen) atoms. The minimum atomic E-state index is -0.447. The number of aliphatic hydroxyl groups is 1. The van der Waals surface area contributed by atoms with Gasteiger partial charge in [0.15, 0.2) is 0 Å². The van der Waals surface area contributed by atoms with Gasteiger partial charge in [0.2, 0.25) is 0 Å². The third-order valence-corrected chi connectivity index (χ3v) is 4.59. The second kappa shape index (κ2) is 5.90. The van der Waals surface area contributed by atoms with Gasteiger partial charge >= 0.3 is 0 Å². The summed E-state index contributed by atoms with van der Waals surface area (Å²) >= 11 is 0. The number of methoxy groups -OCH3 is 1. The second-order valence-corrected chi connectivity index (χ2v) is 5.86. The zero-order chi connectivity index (χ0) is 14.8. The molecule has 0 bridgehead atoms. The number of benzene rings is 2. The highest BCUT2D eigenvalue weighted by Gasteiger charge is 2.28. The van der Waals surface area contributed by atoms with Crippen molar-refractivity contribution in [2.45, 2.75) is 38.2 Å². The van der Waals surface area contributed by atoms with Crippen molar-refractivity contribution < 1.29 is 9.84 Å². The van der Waals surface area contributed by atoms with Crippen LogP contribution in [0.1, 0.15) is 47.1 Å². The van der Waals surface area contributed by atoms with Crippen LogP contribution in [0.5, 0.6) is 5.75 Å². The van der Waals surface area contributed by atoms with Gasteiger partial charge in [-0.15, -0.1) is 0 Å². The van der Waals surface area contributed by atoms with Crippen molar-refractivity contribution >= 4 is 0 Å². The lowest BCUT2D eigenvalue weighted by molar-refractivity contribution is 0.135. The SMILES string of the molecule is COc1ccc([C@H](O)[C@H]2CCCc3ccccc32)c(C)c1. The smallest absolute Gasteiger partial charge is 0.119 e. The molecule has 0 heterocycles. The normalized spacial score (nSPS) is 18.9. The summed E-state index contributed by atoms with van der Waals surface area (Å²) in [6, 6.07) is 14.4. The van der Waals surface area contributed by atoms with Gasteiger partial charge in [-0.2, -0.15) is 0 Å². The number of ether oxygens (including phenoxy) is 1. The van der Waals surface area contributed by atoms with E-state index in [0.29, 0.717) is 0 Å². The fraction of sp³-hybridized carbons (Fsp3) is 0.368. The van der Waals surface area contributed by atoms with E-state index in [4.69, 9.17) is 4.74 Å². The Morgan fingerprint density at radius 3 is 2.76 bits per heavy atom. The fourth-order valence-corrected chi connectivity index (χ4v) is 3.44. The number of fused-ring (bicyclic) bond motifs is 1. The lowest BCUT2D eigenvalue weighted by Crippen LogP contribution is -2.17. The summed E-state index contributed by atoms with van der Waals surface area (Å²) in [4.78, 5) is 0. The lowest BCUT2D eigenvalue weighted by atomic mass is 9.77. The van der Waals surface area contributed by atoms with Crippen LogP contribution in [0, 0.1) is 6.92 Å². The van der Waals surface area contributed by atoms with E-state index in [1.165, 1.54) is 11.1 Å². The standard InChI is InChI=1S/C19H22O2/c1-13-12-15(21-2)10-11-16(13)19(20)18-9-5-7-14-6-3-4-8-17(14)18/h3-4,6,8,10-12,18-20H,5,7,9H2,1-2H3/t18-,19-/m0/s1. The molecule has 0 radical (unpaired) electrons. The molecule has 0 aromatic heterocycles. The van der Waals surface area contributed by atoms with E-state index in [2.05, 4.69) is 24.3 Å². The van der Waals surface area contributed by atoms with Crippen LogP contribution in [-0.2, 0) is 6.42 Å². The predicted octanol–water partition coefficient (Wildman–Crippen LogP) is 4.16. The Hall–Kier alpha value is -1.80. The van der Waals surface area contributed by atoms with Crippen LogP contribution in [0.25, 0.3) is 0 Å². The summed E-state index contributed by atoms with van der Waals surface area (Å²) in [6.45, 7) is 2.04. The summed E-state index contributed by atoms with van der Waals surface area (Å²) in [5.74, 6) is 1.04. The van der Waals surface area contributed by atoms with E-state index in [0.717, 1.165) is 36.1 Å². The molecule has 0 unspecified atom stereocenters. The van der Waals surface area contributed by atoms with Crippen LogP contribution in [0.15, 0.2) is 42.5 Å². The fourth-order valence-electron chi connectivity index (χ4n) is 3.44. The number of hydrogen-bond acceptors (Lipinski definition) is 2. The van der Waals surface area contributed by atoms with Gasteiger partial charge in [0, 0.05) is 5.92 Å². The Bertz CT molecular complexity index is 633. The Morgan fingerprint density at radius 1 is 1.19 bits per heavy atom. The first-order valence-electron chi connectivity index (χ1n) is 7.61. The van der Waals surface area contributed by atoms with Gasteiger partial charge in [-0.25, -0.2) is 0 Å². The highest BCUT2D eigenvalue weighted by Crippen LogP contribution is 2.41. The van der Waals surface area contributed by atoms with E-state index in [9.17, 15) is 5.11 Å². The molecule has 2 heteroatoms. The van der Waals surface area contributed by atoms with E-state index >= 15 is 0 Å². The van der Waals surface area contributed by atoms with Crippen molar-refractivity contribution in [3.05, 3.63) is 64.7 Å². The van der Waals surface area contributed by atoms with Crippen LogP contribution in [0.4, 0.5) is 0 Å². The molecule has 3 rings (SSSR count). The Balaban J connectivity index is 1.94. The van der Waals surface area contributed by atoms with Crippen LogP contribution >= 0.6 is 0 Å². The predicted molar refractivity (Wildman–Crippen MR) is 84.8 cm³/mol. The highest BCUT2D eigenvalue weighted by atomic mass is 16.5. The summed E-state index contributed by atoms with van der Waals surface area (Å²) in [5, 5.41) is 10.9. The van der Waals surface area contributed by atoms with Crippen molar-refractivity contribution in [1.29, 1.82) is 0 Å². The van der Waals surface area contributed by atoms with Gasteiger partial charge in [-0.05, 0) is 60.6 Å². The summed E-state index contributed by atoms with van der Waals surface area (Å²) in [5.41, 5.74) is 4.80. The average molecular weight is 282 g/mol. The van der Waals surface area contributed by atoms with Crippen molar-refractivity contribution in [3.63, 3.8) is 0 Å². The maximum Gasteiger partial charge on any atom is 0.119 e. The van der Waals surface area contributed by atoms with E-state index in [1.54, 1.807) is 7.11 Å². The molecule has 0 spiro atoms. The molecule has 0 saturated heterocycles. The molecule has 2 aromatic carbocycles. The zero-order valence-electron chi connectivity index (χ0n) is 12.7. The number of aryl methyl sites for hydroxylation is 2. The van der Waals surface area contributed by atoms with Crippen LogP contribution < -0.4 is 4.74 Å². The molecule has 0 aliphatic heterocycles. The lowest BCUT2D eigenvalue weighted by Gasteiger charge is -2.30. The maximum absolute atomic E-state index is 10.9. The quantitative estimate of drug-likeness (QED) is 0.916. The third-order valence-electron chi connectivity index (χ3n) is 4.59. The molecule has 2 atom stereocenters. The van der Waals surface area contributed by atoms with Gasteiger partial charge in [-0.3, -0.25) is 0 Å². The van der Waals surface area contributed by atoms with Crippen LogP contribution in [0.3, 0.4) is 0 Å². The van der Waals surface area contributed by atoms with E-state index in [-0.39, 0.29) is 5.92 Å². The van der Waals surface area contributed by atoms with Crippen molar-refractivity contribution in [3.8, 4) is 5.75 Å². The first-order chi connectivity index (χ1) is 10.2. The Labute approximate surface area is 126 Å². The van der Waals surface area contributed by atoms with E-state index < -0.39 is 6.10 Å². The molecule has 0 amide bonds. The Morgan fingerprint density at radius 2 is 2.00 bits per heavy atom. The monoisotopic (exact) mass is 282 g/mol. The molecule has 0 saturated carbocycles. The molecule has 0 fully saturated rings. The van der Waals surface area contributed by atoms with E-state index in [1.807, 2.05) is 25.1 Å². The van der Waals surface area contributed by atoms with Gasteiger partial charge in [0.05, 0.1) is 13.2 Å². The van der Waals surface area contributed by atoms with Crippen LogP contribution in [-0.4, -0.2) is 12.2 Å². The van der Waals surface area contributed by atoms with Gasteiger partial charge < -0.3 is 9.84 Å². The minimum Gasteiger partial charge on any atom is -0.497 e. The van der Waals surface area contributed by atoms with Gasteiger partial charge in [0.1, 0.15) is 5.75 Å². The van der Waals surface area contributed by atoms with Crippen molar-refractivity contribution in [2.24, 2.45) is 0 Å². The summed E-state index contributed by atoms with van der Waals surface area (Å²) in [6.07, 6.45) is 2.87. The highest BCUT2D eigenvalue weighted by molar-refractivity contribution is 5.40. The zero-order valence-corrected chi connectivity index (χ0v) is 12.7. The van der Waals surface area contributed by atoms with Gasteiger partial charge in [0.25, 0.3) is 0 Å². The largest absolute Gasteiger partial charge is 0.497 e. The summed E-state index contributed by atoms with van der Waals surface area (Å²) in [7, 11) is 1.67. The molecule has 1 aliphatic rings. The minimum absolute atomic E-state index is 0.196. The molecular formula is C19H22O2. The first-order valence-corrected chi connectivity index (χ1v) is 7.61. The molecule has 1 N–H and O–H groups in total. The Kier molecular flexibility index (Phi) is 3.98. The summed E-state index contributed by atoms with van der Waals surface area (Å²) < 4.78 is 5.25. The third kappa shape index (κ3) is 2.68. The molecular weight excluding hydrogens is 260 g/mol. The number of rotatable bonds is 3.